The Kier molecular flexibility index (Phi) is 4.43. The molecular formula is C17H15F3N2O3S. The second kappa shape index (κ2) is 6.31. The van der Waals surface area contributed by atoms with Gasteiger partial charge in [-0.1, -0.05) is 12.1 Å². The molecule has 5 nitrogen and oxygen atoms in total. The topological polar surface area (TPSA) is 66.5 Å². The molecule has 0 aliphatic carbocycles. The van der Waals surface area contributed by atoms with Crippen LogP contribution >= 0.6 is 0 Å². The second-order valence-electron chi connectivity index (χ2n) is 5.89. The van der Waals surface area contributed by atoms with Crippen molar-refractivity contribution in [3.05, 3.63) is 53.6 Å². The fourth-order valence-corrected chi connectivity index (χ4v) is 3.95. The average molecular weight is 384 g/mol. The van der Waals surface area contributed by atoms with E-state index in [9.17, 15) is 26.4 Å². The Balaban J connectivity index is 1.97. The number of carbonyl (C=O) groups excluding carboxylic acids is 1. The van der Waals surface area contributed by atoms with Gasteiger partial charge in [0.2, 0.25) is 5.91 Å². The first-order valence-electron chi connectivity index (χ1n) is 7.68. The Morgan fingerprint density at radius 2 is 1.77 bits per heavy atom. The van der Waals surface area contributed by atoms with Gasteiger partial charge >= 0.3 is 6.18 Å². The Labute approximate surface area is 148 Å². The number of nitrogens with zero attached hydrogens (tertiary/aromatic N) is 1. The molecule has 138 valence electrons. The fourth-order valence-electron chi connectivity index (χ4n) is 2.82. The summed E-state index contributed by atoms with van der Waals surface area (Å²) in [5.74, 6) is -0.0784. The van der Waals surface area contributed by atoms with Crippen LogP contribution in [0.3, 0.4) is 0 Å². The molecule has 26 heavy (non-hydrogen) atoms. The minimum Gasteiger partial charge on any atom is -0.315 e. The highest BCUT2D eigenvalue weighted by Gasteiger charge is 2.34. The van der Waals surface area contributed by atoms with Gasteiger partial charge in [-0.25, -0.2) is 8.42 Å². The van der Waals surface area contributed by atoms with Crippen LogP contribution in [0.15, 0.2) is 47.4 Å². The summed E-state index contributed by atoms with van der Waals surface area (Å²) in [4.78, 5) is 13.0. The first-order chi connectivity index (χ1) is 12.1. The zero-order valence-electron chi connectivity index (χ0n) is 13.7. The van der Waals surface area contributed by atoms with Gasteiger partial charge in [-0.05, 0) is 42.3 Å². The molecule has 2 aromatic rings. The largest absolute Gasteiger partial charge is 0.418 e. The highest BCUT2D eigenvalue weighted by atomic mass is 32.2. The summed E-state index contributed by atoms with van der Waals surface area (Å²) in [6.07, 6.45) is -4.06. The van der Waals surface area contributed by atoms with Crippen LogP contribution in [-0.2, 0) is 27.4 Å². The van der Waals surface area contributed by atoms with Crippen LogP contribution in [0.5, 0.6) is 0 Å². The molecule has 0 unspecified atom stereocenters. The van der Waals surface area contributed by atoms with Crippen LogP contribution in [0, 0.1) is 0 Å². The number of fused-ring (bicyclic) bond motifs is 1. The lowest BCUT2D eigenvalue weighted by molar-refractivity contribution is -0.136. The van der Waals surface area contributed by atoms with Crippen molar-refractivity contribution in [2.24, 2.45) is 0 Å². The van der Waals surface area contributed by atoms with E-state index in [1.165, 1.54) is 35.2 Å². The van der Waals surface area contributed by atoms with Crippen molar-refractivity contribution in [1.29, 1.82) is 0 Å². The molecule has 0 saturated carbocycles. The Hall–Kier alpha value is -2.55. The highest BCUT2D eigenvalue weighted by Crippen LogP contribution is 2.36. The van der Waals surface area contributed by atoms with Gasteiger partial charge in [0, 0.05) is 19.2 Å². The van der Waals surface area contributed by atoms with E-state index in [2.05, 4.69) is 0 Å². The third kappa shape index (κ3) is 3.39. The van der Waals surface area contributed by atoms with E-state index in [0.29, 0.717) is 17.7 Å². The summed E-state index contributed by atoms with van der Waals surface area (Å²) in [5.41, 5.74) is -0.355. The molecule has 0 radical (unpaired) electrons. The maximum atomic E-state index is 13.1. The second-order valence-corrected chi connectivity index (χ2v) is 7.57. The number of carbonyl (C=O) groups is 1. The smallest absolute Gasteiger partial charge is 0.315 e. The van der Waals surface area contributed by atoms with Crippen molar-refractivity contribution in [3.8, 4) is 0 Å². The molecule has 2 aromatic carbocycles. The van der Waals surface area contributed by atoms with Crippen molar-refractivity contribution in [2.75, 3.05) is 16.7 Å². The van der Waals surface area contributed by atoms with Gasteiger partial charge in [-0.15, -0.1) is 0 Å². The molecule has 1 heterocycles. The lowest BCUT2D eigenvalue weighted by Gasteiger charge is -2.26. The standard InChI is InChI=1S/C17H15F3N2O3S/c1-22-15-8-7-12(10-11(15)6-9-16(22)23)26(24,25)21-14-5-3-2-4-13(14)17(18,19)20/h2-5,7-8,10,21H,6,9H2,1H3. The molecule has 0 bridgehead atoms. The number of hydrogen-bond acceptors (Lipinski definition) is 3. The third-order valence-electron chi connectivity index (χ3n) is 4.18. The normalized spacial score (nSPS) is 14.9. The van der Waals surface area contributed by atoms with Crippen LogP contribution < -0.4 is 9.62 Å². The highest BCUT2D eigenvalue weighted by molar-refractivity contribution is 7.92. The number of halogens is 3. The van der Waals surface area contributed by atoms with E-state index in [4.69, 9.17) is 0 Å². The molecule has 0 aromatic heterocycles. The molecule has 0 spiro atoms. The number of benzene rings is 2. The molecule has 0 saturated heterocycles. The van der Waals surface area contributed by atoms with Crippen LogP contribution in [-0.4, -0.2) is 21.4 Å². The van der Waals surface area contributed by atoms with Gasteiger partial charge in [0.25, 0.3) is 10.0 Å². The van der Waals surface area contributed by atoms with Crippen molar-refractivity contribution in [1.82, 2.24) is 0 Å². The SMILES string of the molecule is CN1C(=O)CCc2cc(S(=O)(=O)Nc3ccccc3C(F)(F)F)ccc21. The zero-order chi connectivity index (χ0) is 19.1. The van der Waals surface area contributed by atoms with Crippen LogP contribution in [0.4, 0.5) is 24.5 Å². The minimum atomic E-state index is -4.68. The summed E-state index contributed by atoms with van der Waals surface area (Å²) >= 11 is 0. The van der Waals surface area contributed by atoms with Gasteiger partial charge in [0.1, 0.15) is 0 Å². The number of nitrogens with one attached hydrogen (secondary N) is 1. The lowest BCUT2D eigenvalue weighted by Crippen LogP contribution is -2.31. The Bertz CT molecular complexity index is 971. The first-order valence-corrected chi connectivity index (χ1v) is 9.16. The van der Waals surface area contributed by atoms with Crippen molar-refractivity contribution >= 4 is 27.3 Å². The van der Waals surface area contributed by atoms with Crippen molar-refractivity contribution < 1.29 is 26.4 Å². The summed E-state index contributed by atoms with van der Waals surface area (Å²) < 4.78 is 66.3. The quantitative estimate of drug-likeness (QED) is 0.882. The molecule has 0 atom stereocenters. The van der Waals surface area contributed by atoms with E-state index in [1.807, 2.05) is 4.72 Å². The predicted molar refractivity (Wildman–Crippen MR) is 90.4 cm³/mol. The number of aryl methyl sites for hydroxylation is 1. The summed E-state index contributed by atoms with van der Waals surface area (Å²) in [6, 6.07) is 8.52. The number of hydrogen-bond donors (Lipinski definition) is 1. The van der Waals surface area contributed by atoms with E-state index in [1.54, 1.807) is 7.05 Å². The van der Waals surface area contributed by atoms with E-state index >= 15 is 0 Å². The predicted octanol–water partition coefficient (Wildman–Crippen LogP) is 3.42. The summed E-state index contributed by atoms with van der Waals surface area (Å²) in [5, 5.41) is 0. The Morgan fingerprint density at radius 1 is 1.08 bits per heavy atom. The van der Waals surface area contributed by atoms with E-state index in [0.717, 1.165) is 12.1 Å². The van der Waals surface area contributed by atoms with Crippen LogP contribution in [0.25, 0.3) is 0 Å². The number of anilines is 2. The van der Waals surface area contributed by atoms with Gasteiger partial charge < -0.3 is 4.90 Å². The molecule has 1 aliphatic rings. The number of amides is 1. The van der Waals surface area contributed by atoms with Crippen molar-refractivity contribution in [2.45, 2.75) is 23.9 Å². The molecule has 1 aliphatic heterocycles. The Morgan fingerprint density at radius 3 is 2.46 bits per heavy atom. The molecule has 3 rings (SSSR count). The average Bonchev–Trinajstić information content (AvgIpc) is 2.57. The van der Waals surface area contributed by atoms with Crippen molar-refractivity contribution in [3.63, 3.8) is 0 Å². The maximum Gasteiger partial charge on any atom is 0.418 e. The molecule has 1 amide bonds. The fraction of sp³-hybridized carbons (Fsp3) is 0.235. The van der Waals surface area contributed by atoms with E-state index < -0.39 is 27.5 Å². The number of rotatable bonds is 3. The minimum absolute atomic E-state index is 0.0784. The summed E-state index contributed by atoms with van der Waals surface area (Å²) in [7, 11) is -2.62. The molecular weight excluding hydrogens is 369 g/mol. The number of para-hydroxylation sites is 1. The number of sulfonamides is 1. The monoisotopic (exact) mass is 384 g/mol. The molecule has 1 N–H and O–H groups in total. The van der Waals surface area contributed by atoms with Gasteiger partial charge in [-0.2, -0.15) is 13.2 Å². The maximum absolute atomic E-state index is 13.1. The zero-order valence-corrected chi connectivity index (χ0v) is 14.5. The van der Waals surface area contributed by atoms with Crippen LogP contribution in [0.2, 0.25) is 0 Å². The third-order valence-corrected chi connectivity index (χ3v) is 5.54. The van der Waals surface area contributed by atoms with Crippen LogP contribution in [0.1, 0.15) is 17.5 Å². The van der Waals surface area contributed by atoms with Gasteiger partial charge in [0.05, 0.1) is 16.1 Å². The molecule has 0 fully saturated rings. The number of alkyl halides is 3. The lowest BCUT2D eigenvalue weighted by atomic mass is 10.0. The summed E-state index contributed by atoms with van der Waals surface area (Å²) in [6.45, 7) is 0. The molecule has 9 heteroatoms. The van der Waals surface area contributed by atoms with E-state index in [-0.39, 0.29) is 17.2 Å². The van der Waals surface area contributed by atoms with Gasteiger partial charge in [-0.3, -0.25) is 9.52 Å². The van der Waals surface area contributed by atoms with Gasteiger partial charge in [0.15, 0.2) is 0 Å². The first kappa shape index (κ1) is 18.2.